The third-order valence-corrected chi connectivity index (χ3v) is 3.19. The summed E-state index contributed by atoms with van der Waals surface area (Å²) < 4.78 is 0. The summed E-state index contributed by atoms with van der Waals surface area (Å²) in [4.78, 5) is 16.7. The first kappa shape index (κ1) is 13.9. The van der Waals surface area contributed by atoms with Gasteiger partial charge in [-0.3, -0.25) is 9.63 Å². The highest BCUT2D eigenvalue weighted by molar-refractivity contribution is 5.83. The molecule has 0 radical (unpaired) electrons. The first-order valence-electron chi connectivity index (χ1n) is 5.65. The van der Waals surface area contributed by atoms with E-state index in [9.17, 15) is 4.79 Å². The Hall–Kier alpha value is -1.17. The van der Waals surface area contributed by atoms with E-state index >= 15 is 0 Å². The number of nitrogens with two attached hydrogens (primary N) is 1. The molecule has 96 valence electrons. The molecular weight excluding hydrogens is 218 g/mol. The normalized spacial score (nSPS) is 25.2. The second kappa shape index (κ2) is 5.95. The molecule has 0 saturated carbocycles. The van der Waals surface area contributed by atoms with Gasteiger partial charge in [0.2, 0.25) is 5.91 Å². The molecule has 3 N–H and O–H groups in total. The maximum absolute atomic E-state index is 11.2. The number of carbonyl (C=O) groups excluding carboxylic acids is 1. The third-order valence-electron chi connectivity index (χ3n) is 3.19. The molecule has 0 spiro atoms. The van der Waals surface area contributed by atoms with Gasteiger partial charge in [-0.25, -0.2) is 0 Å². The monoisotopic (exact) mass is 239 g/mol. The Morgan fingerprint density at radius 3 is 2.82 bits per heavy atom. The summed E-state index contributed by atoms with van der Waals surface area (Å²) in [5.41, 5.74) is 7.43. The Labute approximate surface area is 102 Å². The first-order valence-corrected chi connectivity index (χ1v) is 5.65. The van der Waals surface area contributed by atoms with E-state index in [1.54, 1.807) is 11.1 Å². The van der Waals surface area contributed by atoms with Gasteiger partial charge in [0.1, 0.15) is 6.04 Å². The average Bonchev–Trinajstić information content (AvgIpc) is 2.29. The van der Waals surface area contributed by atoms with Gasteiger partial charge in [0, 0.05) is 13.6 Å². The van der Waals surface area contributed by atoms with Crippen molar-refractivity contribution >= 4 is 5.91 Å². The molecule has 0 unspecified atom stereocenters. The third kappa shape index (κ3) is 3.15. The van der Waals surface area contributed by atoms with Crippen molar-refractivity contribution in [2.75, 3.05) is 20.2 Å². The van der Waals surface area contributed by atoms with Crippen LogP contribution >= 0.6 is 0 Å². The standard InChI is InChI=1S/C12H21N3O2/c1-5-6-17-15(4)10-7-14-11(12(13)16)9(3)8(10)2/h5,10-11,14H,1,6-7H2,2-4H3,(H2,13,16)/t10-,11-/m0/s1. The van der Waals surface area contributed by atoms with Crippen molar-refractivity contribution in [3.8, 4) is 0 Å². The Kier molecular flexibility index (Phi) is 4.86. The highest BCUT2D eigenvalue weighted by Gasteiger charge is 2.30. The first-order chi connectivity index (χ1) is 7.99. The predicted molar refractivity (Wildman–Crippen MR) is 67.1 cm³/mol. The van der Waals surface area contributed by atoms with Gasteiger partial charge in [-0.1, -0.05) is 11.6 Å². The van der Waals surface area contributed by atoms with Gasteiger partial charge in [0.25, 0.3) is 0 Å². The van der Waals surface area contributed by atoms with E-state index in [2.05, 4.69) is 11.9 Å². The van der Waals surface area contributed by atoms with Crippen LogP contribution in [0.4, 0.5) is 0 Å². The summed E-state index contributed by atoms with van der Waals surface area (Å²) in [6, 6.07) is -0.246. The topological polar surface area (TPSA) is 67.6 Å². The van der Waals surface area contributed by atoms with Gasteiger partial charge in [-0.15, -0.1) is 6.58 Å². The summed E-state index contributed by atoms with van der Waals surface area (Å²) in [5.74, 6) is -0.338. The van der Waals surface area contributed by atoms with Crippen molar-refractivity contribution in [1.29, 1.82) is 0 Å². The number of hydrogen-bond acceptors (Lipinski definition) is 4. The van der Waals surface area contributed by atoms with E-state index in [-0.39, 0.29) is 18.0 Å². The van der Waals surface area contributed by atoms with Crippen LogP contribution in [0.1, 0.15) is 13.8 Å². The fourth-order valence-corrected chi connectivity index (χ4v) is 2.00. The van der Waals surface area contributed by atoms with E-state index in [0.29, 0.717) is 13.2 Å². The SMILES string of the molecule is C=CCON(C)[C@H]1CN[C@H](C(N)=O)C(C)=C1C. The Morgan fingerprint density at radius 1 is 1.65 bits per heavy atom. The van der Waals surface area contributed by atoms with Gasteiger partial charge in [0.05, 0.1) is 12.6 Å². The lowest BCUT2D eigenvalue weighted by Crippen LogP contribution is -2.53. The van der Waals surface area contributed by atoms with Crippen LogP contribution in [0.3, 0.4) is 0 Å². The molecule has 0 aromatic heterocycles. The minimum atomic E-state index is -0.362. The van der Waals surface area contributed by atoms with E-state index in [0.717, 1.165) is 11.1 Å². The molecule has 0 bridgehead atoms. The molecule has 2 atom stereocenters. The largest absolute Gasteiger partial charge is 0.368 e. The molecule has 5 nitrogen and oxygen atoms in total. The molecule has 0 fully saturated rings. The number of nitrogens with one attached hydrogen (secondary N) is 1. The molecule has 5 heteroatoms. The molecule has 0 aromatic carbocycles. The van der Waals surface area contributed by atoms with Crippen molar-refractivity contribution in [3.63, 3.8) is 0 Å². The van der Waals surface area contributed by atoms with Crippen LogP contribution in [0.5, 0.6) is 0 Å². The summed E-state index contributed by atoms with van der Waals surface area (Å²) in [7, 11) is 1.87. The Balaban J connectivity index is 2.78. The fourth-order valence-electron chi connectivity index (χ4n) is 2.00. The minimum absolute atomic E-state index is 0.116. The average molecular weight is 239 g/mol. The summed E-state index contributed by atoms with van der Waals surface area (Å²) >= 11 is 0. The van der Waals surface area contributed by atoms with E-state index in [1.807, 2.05) is 20.9 Å². The van der Waals surface area contributed by atoms with Crippen LogP contribution in [0.2, 0.25) is 0 Å². The zero-order valence-electron chi connectivity index (χ0n) is 10.7. The predicted octanol–water partition coefficient (Wildman–Crippen LogP) is 0.198. The smallest absolute Gasteiger partial charge is 0.238 e. The van der Waals surface area contributed by atoms with Crippen LogP contribution in [0.25, 0.3) is 0 Å². The van der Waals surface area contributed by atoms with Crippen LogP contribution in [0, 0.1) is 0 Å². The number of likely N-dealkylation sites (N-methyl/N-ethyl adjacent to an activating group) is 1. The molecule has 17 heavy (non-hydrogen) atoms. The number of nitrogens with zero attached hydrogens (tertiary/aromatic N) is 1. The van der Waals surface area contributed by atoms with Crippen LogP contribution < -0.4 is 11.1 Å². The summed E-state index contributed by atoms with van der Waals surface area (Å²) in [6.45, 7) is 8.65. The van der Waals surface area contributed by atoms with Crippen molar-refractivity contribution < 1.29 is 9.63 Å². The number of hydrogen-bond donors (Lipinski definition) is 2. The lowest BCUT2D eigenvalue weighted by Gasteiger charge is -2.35. The van der Waals surface area contributed by atoms with Crippen LogP contribution in [-0.2, 0) is 9.63 Å². The van der Waals surface area contributed by atoms with Crippen molar-refractivity contribution in [2.24, 2.45) is 5.73 Å². The second-order valence-electron chi connectivity index (χ2n) is 4.26. The number of primary amides is 1. The molecule has 0 aromatic rings. The molecule has 1 heterocycles. The molecule has 1 rings (SSSR count). The van der Waals surface area contributed by atoms with Gasteiger partial charge < -0.3 is 11.1 Å². The molecule has 0 saturated heterocycles. The zero-order chi connectivity index (χ0) is 13.0. The molecule has 1 aliphatic rings. The summed E-state index contributed by atoms with van der Waals surface area (Å²) in [5, 5.41) is 4.91. The van der Waals surface area contributed by atoms with E-state index in [1.165, 1.54) is 0 Å². The van der Waals surface area contributed by atoms with Crippen molar-refractivity contribution in [3.05, 3.63) is 23.8 Å². The molecule has 0 aliphatic carbocycles. The van der Waals surface area contributed by atoms with Crippen LogP contribution in [-0.4, -0.2) is 43.3 Å². The Bertz CT molecular complexity index is 339. The van der Waals surface area contributed by atoms with Crippen molar-refractivity contribution in [2.45, 2.75) is 25.9 Å². The quantitative estimate of drug-likeness (QED) is 0.531. The molecule has 1 amide bonds. The Morgan fingerprint density at radius 2 is 2.29 bits per heavy atom. The van der Waals surface area contributed by atoms with Gasteiger partial charge in [-0.05, 0) is 19.4 Å². The number of rotatable bonds is 5. The number of amides is 1. The highest BCUT2D eigenvalue weighted by Crippen LogP contribution is 2.20. The number of carbonyl (C=O) groups is 1. The second-order valence-corrected chi connectivity index (χ2v) is 4.26. The lowest BCUT2D eigenvalue weighted by atomic mass is 9.93. The molecule has 1 aliphatic heterocycles. The van der Waals surface area contributed by atoms with Crippen LogP contribution in [0.15, 0.2) is 23.8 Å². The lowest BCUT2D eigenvalue weighted by molar-refractivity contribution is -0.149. The zero-order valence-corrected chi connectivity index (χ0v) is 10.7. The number of hydroxylamine groups is 2. The minimum Gasteiger partial charge on any atom is -0.368 e. The van der Waals surface area contributed by atoms with E-state index in [4.69, 9.17) is 10.6 Å². The molecular formula is C12H21N3O2. The van der Waals surface area contributed by atoms with Gasteiger partial charge >= 0.3 is 0 Å². The maximum Gasteiger partial charge on any atom is 0.238 e. The van der Waals surface area contributed by atoms with Gasteiger partial charge in [0.15, 0.2) is 0 Å². The van der Waals surface area contributed by atoms with E-state index < -0.39 is 0 Å². The van der Waals surface area contributed by atoms with Crippen molar-refractivity contribution in [1.82, 2.24) is 10.4 Å². The highest BCUT2D eigenvalue weighted by atomic mass is 16.7. The fraction of sp³-hybridized carbons (Fsp3) is 0.583. The summed E-state index contributed by atoms with van der Waals surface area (Å²) in [6.07, 6.45) is 1.70. The van der Waals surface area contributed by atoms with Gasteiger partial charge in [-0.2, -0.15) is 5.06 Å². The maximum atomic E-state index is 11.2.